The Kier molecular flexibility index (Phi) is 5.11. The van der Waals surface area contributed by atoms with E-state index >= 15 is 0 Å². The predicted octanol–water partition coefficient (Wildman–Crippen LogP) is 0.989. The number of hydrogen-bond donors (Lipinski definition) is 1. The largest absolute Gasteiger partial charge is 0.368 e. The Balaban J connectivity index is 1.46. The number of primary amides is 1. The Labute approximate surface area is 167 Å². The summed E-state index contributed by atoms with van der Waals surface area (Å²) < 4.78 is 13.2. The lowest BCUT2D eigenvalue weighted by atomic mass is 10.1. The van der Waals surface area contributed by atoms with Gasteiger partial charge in [0.15, 0.2) is 0 Å². The molecule has 0 saturated carbocycles. The fourth-order valence-electron chi connectivity index (χ4n) is 3.55. The molecule has 3 heterocycles. The smallest absolute Gasteiger partial charge is 0.270 e. The van der Waals surface area contributed by atoms with E-state index in [-0.39, 0.29) is 18.0 Å². The topological polar surface area (TPSA) is 95.1 Å². The summed E-state index contributed by atoms with van der Waals surface area (Å²) in [5, 5.41) is 5.75. The molecule has 2 aliphatic heterocycles. The van der Waals surface area contributed by atoms with Crippen LogP contribution in [0.1, 0.15) is 6.42 Å². The van der Waals surface area contributed by atoms with Crippen LogP contribution in [0.3, 0.4) is 0 Å². The minimum absolute atomic E-state index is 0.131. The van der Waals surface area contributed by atoms with Crippen LogP contribution in [0.2, 0.25) is 0 Å². The molecular weight excluding hydrogens is 375 g/mol. The molecule has 2 aromatic rings. The van der Waals surface area contributed by atoms with Crippen LogP contribution in [0.15, 0.2) is 53.8 Å². The van der Waals surface area contributed by atoms with Crippen molar-refractivity contribution in [2.75, 3.05) is 36.1 Å². The molecular formula is C20H21FN6O2. The van der Waals surface area contributed by atoms with Crippen molar-refractivity contribution in [3.8, 4) is 0 Å². The van der Waals surface area contributed by atoms with Crippen molar-refractivity contribution in [1.82, 2.24) is 9.88 Å². The molecule has 1 atom stereocenters. The zero-order valence-electron chi connectivity index (χ0n) is 15.7. The number of piperazine rings is 1. The van der Waals surface area contributed by atoms with Gasteiger partial charge in [-0.2, -0.15) is 5.10 Å². The van der Waals surface area contributed by atoms with Crippen LogP contribution in [0.25, 0.3) is 0 Å². The van der Waals surface area contributed by atoms with Gasteiger partial charge in [0.1, 0.15) is 23.4 Å². The Morgan fingerprint density at radius 1 is 1.03 bits per heavy atom. The van der Waals surface area contributed by atoms with E-state index in [1.54, 1.807) is 11.1 Å². The van der Waals surface area contributed by atoms with Crippen molar-refractivity contribution in [2.45, 2.75) is 12.5 Å². The van der Waals surface area contributed by atoms with E-state index in [4.69, 9.17) is 5.73 Å². The number of benzene rings is 1. The van der Waals surface area contributed by atoms with E-state index in [1.807, 2.05) is 18.2 Å². The lowest BCUT2D eigenvalue weighted by Crippen LogP contribution is -2.51. The van der Waals surface area contributed by atoms with Gasteiger partial charge in [0.25, 0.3) is 5.91 Å². The van der Waals surface area contributed by atoms with Gasteiger partial charge in [-0.15, -0.1) is 0 Å². The highest BCUT2D eigenvalue weighted by Gasteiger charge is 2.37. The van der Waals surface area contributed by atoms with Crippen LogP contribution < -0.4 is 15.6 Å². The van der Waals surface area contributed by atoms with Crippen LogP contribution in [-0.4, -0.2) is 59.6 Å². The number of amides is 2. The maximum Gasteiger partial charge on any atom is 0.270 e. The molecule has 29 heavy (non-hydrogen) atoms. The summed E-state index contributed by atoms with van der Waals surface area (Å²) in [6, 6.07) is 10.5. The van der Waals surface area contributed by atoms with Crippen LogP contribution >= 0.6 is 0 Å². The van der Waals surface area contributed by atoms with Gasteiger partial charge in [-0.1, -0.05) is 6.07 Å². The van der Waals surface area contributed by atoms with E-state index in [1.165, 1.54) is 29.3 Å². The fourth-order valence-corrected chi connectivity index (χ4v) is 3.55. The number of carbonyl (C=O) groups excluding carboxylic acids is 2. The molecule has 2 N–H and O–H groups in total. The van der Waals surface area contributed by atoms with Crippen LogP contribution in [-0.2, 0) is 9.59 Å². The first-order valence-electron chi connectivity index (χ1n) is 9.40. The molecule has 0 aliphatic carbocycles. The third-order valence-corrected chi connectivity index (χ3v) is 5.12. The predicted molar refractivity (Wildman–Crippen MR) is 107 cm³/mol. The SMILES string of the molecule is NC(=O)C1CC(C(=O)N2CCN(c3ccccn3)CC2)=NN1c1ccc(F)cc1. The fraction of sp³-hybridized carbons (Fsp3) is 0.300. The molecule has 9 heteroatoms. The highest BCUT2D eigenvalue weighted by Crippen LogP contribution is 2.26. The summed E-state index contributed by atoms with van der Waals surface area (Å²) in [7, 11) is 0. The molecule has 2 aliphatic rings. The van der Waals surface area contributed by atoms with E-state index in [0.29, 0.717) is 31.9 Å². The molecule has 1 unspecified atom stereocenters. The normalized spacial score (nSPS) is 19.3. The quantitative estimate of drug-likeness (QED) is 0.832. The summed E-state index contributed by atoms with van der Waals surface area (Å²) in [5.74, 6) is -0.300. The number of nitrogens with zero attached hydrogens (tertiary/aromatic N) is 5. The zero-order valence-corrected chi connectivity index (χ0v) is 15.7. The molecule has 0 bridgehead atoms. The monoisotopic (exact) mass is 396 g/mol. The second-order valence-corrected chi connectivity index (χ2v) is 6.96. The molecule has 1 fully saturated rings. The number of pyridine rings is 1. The summed E-state index contributed by atoms with van der Waals surface area (Å²) in [6.07, 6.45) is 1.88. The van der Waals surface area contributed by atoms with E-state index in [9.17, 15) is 14.0 Å². The van der Waals surface area contributed by atoms with Gasteiger partial charge in [0.2, 0.25) is 5.91 Å². The summed E-state index contributed by atoms with van der Waals surface area (Å²) in [4.78, 5) is 33.0. The van der Waals surface area contributed by atoms with Gasteiger partial charge in [0, 0.05) is 38.8 Å². The van der Waals surface area contributed by atoms with Crippen molar-refractivity contribution >= 4 is 29.0 Å². The van der Waals surface area contributed by atoms with Crippen LogP contribution in [0, 0.1) is 5.82 Å². The lowest BCUT2D eigenvalue weighted by molar-refractivity contribution is -0.124. The number of carbonyl (C=O) groups is 2. The van der Waals surface area contributed by atoms with Crippen molar-refractivity contribution < 1.29 is 14.0 Å². The molecule has 1 aromatic carbocycles. The van der Waals surface area contributed by atoms with E-state index in [0.717, 1.165) is 5.82 Å². The molecule has 2 amide bonds. The Hall–Kier alpha value is -3.49. The maximum atomic E-state index is 13.2. The minimum atomic E-state index is -0.769. The van der Waals surface area contributed by atoms with E-state index < -0.39 is 17.8 Å². The molecule has 1 saturated heterocycles. The standard InChI is InChI=1S/C20H21FN6O2/c21-14-4-6-15(7-5-14)27-17(19(22)28)13-16(24-27)20(29)26-11-9-25(10-12-26)18-3-1-2-8-23-18/h1-8,17H,9-13H2,(H2,22,28). The maximum absolute atomic E-state index is 13.2. The Morgan fingerprint density at radius 2 is 1.76 bits per heavy atom. The summed E-state index contributed by atoms with van der Waals surface area (Å²) in [6.45, 7) is 2.40. The van der Waals surface area contributed by atoms with Gasteiger partial charge in [0.05, 0.1) is 5.69 Å². The number of anilines is 2. The van der Waals surface area contributed by atoms with Crippen molar-refractivity contribution in [3.63, 3.8) is 0 Å². The number of hydrogen-bond acceptors (Lipinski definition) is 6. The Bertz CT molecular complexity index is 926. The van der Waals surface area contributed by atoms with E-state index in [2.05, 4.69) is 15.0 Å². The van der Waals surface area contributed by atoms with Gasteiger partial charge in [-0.05, 0) is 36.4 Å². The molecule has 0 spiro atoms. The number of halogens is 1. The first kappa shape index (κ1) is 18.9. The minimum Gasteiger partial charge on any atom is -0.368 e. The van der Waals surface area contributed by atoms with Crippen LogP contribution in [0.4, 0.5) is 15.9 Å². The van der Waals surface area contributed by atoms with Gasteiger partial charge in [-0.3, -0.25) is 14.6 Å². The highest BCUT2D eigenvalue weighted by atomic mass is 19.1. The number of rotatable bonds is 4. The van der Waals surface area contributed by atoms with Gasteiger partial charge < -0.3 is 15.5 Å². The molecule has 0 radical (unpaired) electrons. The summed E-state index contributed by atoms with van der Waals surface area (Å²) >= 11 is 0. The van der Waals surface area contributed by atoms with Crippen molar-refractivity contribution in [1.29, 1.82) is 0 Å². The zero-order chi connectivity index (χ0) is 20.4. The van der Waals surface area contributed by atoms with Gasteiger partial charge >= 0.3 is 0 Å². The first-order chi connectivity index (χ1) is 14.0. The van der Waals surface area contributed by atoms with Gasteiger partial charge in [-0.25, -0.2) is 9.37 Å². The average Bonchev–Trinajstić information content (AvgIpc) is 3.20. The number of aromatic nitrogens is 1. The molecule has 1 aromatic heterocycles. The molecule has 4 rings (SSSR count). The van der Waals surface area contributed by atoms with Crippen molar-refractivity contribution in [3.05, 3.63) is 54.5 Å². The third-order valence-electron chi connectivity index (χ3n) is 5.12. The third kappa shape index (κ3) is 3.89. The number of hydrazone groups is 1. The number of nitrogens with two attached hydrogens (primary N) is 1. The van der Waals surface area contributed by atoms with Crippen LogP contribution in [0.5, 0.6) is 0 Å². The molecule has 8 nitrogen and oxygen atoms in total. The second kappa shape index (κ2) is 7.86. The molecule has 150 valence electrons. The van der Waals surface area contributed by atoms with Crippen molar-refractivity contribution in [2.24, 2.45) is 10.8 Å². The lowest BCUT2D eigenvalue weighted by Gasteiger charge is -2.35. The first-order valence-corrected chi connectivity index (χ1v) is 9.40. The Morgan fingerprint density at radius 3 is 2.38 bits per heavy atom. The summed E-state index contributed by atoms with van der Waals surface area (Å²) in [5.41, 5.74) is 6.31. The average molecular weight is 396 g/mol. The highest BCUT2D eigenvalue weighted by molar-refractivity contribution is 6.40. The second-order valence-electron chi connectivity index (χ2n) is 6.96.